The summed E-state index contributed by atoms with van der Waals surface area (Å²) in [5.74, 6) is 0.684. The number of nitrogens with zero attached hydrogens (tertiary/aromatic N) is 1. The predicted octanol–water partition coefficient (Wildman–Crippen LogP) is 3.12. The van der Waals surface area contributed by atoms with E-state index in [-0.39, 0.29) is 24.1 Å². The van der Waals surface area contributed by atoms with Crippen molar-refractivity contribution in [1.82, 2.24) is 4.90 Å². The number of amides is 1. The number of aliphatic hydroxyl groups is 1. The van der Waals surface area contributed by atoms with Gasteiger partial charge in [0.15, 0.2) is 6.61 Å². The van der Waals surface area contributed by atoms with Crippen molar-refractivity contribution in [2.75, 3.05) is 19.7 Å². The molecule has 0 radical (unpaired) electrons. The minimum Gasteiger partial charge on any atom is -0.483 e. The van der Waals surface area contributed by atoms with Crippen LogP contribution in [0.2, 0.25) is 0 Å². The Hall–Kier alpha value is -2.34. The van der Waals surface area contributed by atoms with E-state index in [0.29, 0.717) is 30.8 Å². The Kier molecular flexibility index (Phi) is 4.85. The van der Waals surface area contributed by atoms with E-state index in [2.05, 4.69) is 0 Å². The third-order valence-electron chi connectivity index (χ3n) is 7.47. The van der Waals surface area contributed by atoms with Gasteiger partial charge < -0.3 is 19.2 Å². The zero-order valence-electron chi connectivity index (χ0n) is 17.5. The summed E-state index contributed by atoms with van der Waals surface area (Å²) in [5, 5.41) is 11.8. The van der Waals surface area contributed by atoms with Crippen LogP contribution in [0.4, 0.5) is 0 Å². The number of rotatable bonds is 3. The second-order valence-corrected chi connectivity index (χ2v) is 9.19. The molecular formula is C24H29NO5. The van der Waals surface area contributed by atoms with Gasteiger partial charge in [-0.15, -0.1) is 0 Å². The summed E-state index contributed by atoms with van der Waals surface area (Å²) >= 11 is 0. The molecule has 0 spiro atoms. The van der Waals surface area contributed by atoms with Crippen LogP contribution in [-0.4, -0.2) is 41.2 Å². The van der Waals surface area contributed by atoms with Crippen LogP contribution in [0.25, 0.3) is 11.0 Å². The van der Waals surface area contributed by atoms with E-state index >= 15 is 0 Å². The summed E-state index contributed by atoms with van der Waals surface area (Å²) < 4.78 is 11.5. The summed E-state index contributed by atoms with van der Waals surface area (Å²) in [5.41, 5.74) is 2.38. The quantitative estimate of drug-likeness (QED) is 0.785. The number of likely N-dealkylation sites (tertiary alicyclic amines) is 1. The Morgan fingerprint density at radius 1 is 1.23 bits per heavy atom. The molecular weight excluding hydrogens is 382 g/mol. The lowest BCUT2D eigenvalue weighted by Crippen LogP contribution is -2.55. The molecule has 1 aliphatic heterocycles. The van der Waals surface area contributed by atoms with Crippen LogP contribution < -0.4 is 10.4 Å². The molecule has 2 unspecified atom stereocenters. The molecule has 1 saturated carbocycles. The second-order valence-electron chi connectivity index (χ2n) is 9.19. The zero-order chi connectivity index (χ0) is 20.9. The lowest BCUT2D eigenvalue weighted by atomic mass is 9.71. The normalized spacial score (nSPS) is 25.8. The van der Waals surface area contributed by atoms with E-state index in [1.165, 1.54) is 0 Å². The molecule has 2 aromatic rings. The van der Waals surface area contributed by atoms with Gasteiger partial charge in [0.05, 0.1) is 5.60 Å². The van der Waals surface area contributed by atoms with Gasteiger partial charge in [-0.25, -0.2) is 4.79 Å². The molecule has 160 valence electrons. The van der Waals surface area contributed by atoms with E-state index in [0.717, 1.165) is 67.0 Å². The first-order chi connectivity index (χ1) is 14.5. The molecule has 5 rings (SSSR count). The number of benzene rings is 1. The SMILES string of the molecule is Cc1c(OCC(=O)N2CCC3(O)CCCCC3C2)ccc2c3c(c(=O)oc12)CCC3. The second kappa shape index (κ2) is 7.41. The van der Waals surface area contributed by atoms with E-state index in [1.807, 2.05) is 24.0 Å². The van der Waals surface area contributed by atoms with Gasteiger partial charge in [-0.1, -0.05) is 12.8 Å². The van der Waals surface area contributed by atoms with Crippen molar-refractivity contribution in [3.63, 3.8) is 0 Å². The number of piperidine rings is 1. The van der Waals surface area contributed by atoms with Gasteiger partial charge in [-0.2, -0.15) is 0 Å². The van der Waals surface area contributed by atoms with E-state index < -0.39 is 5.60 Å². The van der Waals surface area contributed by atoms with Crippen molar-refractivity contribution in [2.45, 2.75) is 63.9 Å². The van der Waals surface area contributed by atoms with Gasteiger partial charge in [0.2, 0.25) is 0 Å². The maximum atomic E-state index is 12.8. The minimum absolute atomic E-state index is 0.0489. The maximum absolute atomic E-state index is 12.8. The molecule has 30 heavy (non-hydrogen) atoms. The van der Waals surface area contributed by atoms with Crippen molar-refractivity contribution in [3.05, 3.63) is 39.2 Å². The van der Waals surface area contributed by atoms with Gasteiger partial charge >= 0.3 is 5.63 Å². The number of ether oxygens (including phenoxy) is 1. The van der Waals surface area contributed by atoms with E-state index in [9.17, 15) is 14.7 Å². The predicted molar refractivity (Wildman–Crippen MR) is 113 cm³/mol. The Morgan fingerprint density at radius 3 is 2.93 bits per heavy atom. The number of carbonyl (C=O) groups is 1. The highest BCUT2D eigenvalue weighted by Gasteiger charge is 2.43. The van der Waals surface area contributed by atoms with E-state index in [4.69, 9.17) is 9.15 Å². The van der Waals surface area contributed by atoms with E-state index in [1.54, 1.807) is 0 Å². The molecule has 3 aliphatic rings. The Bertz CT molecular complexity index is 1060. The fourth-order valence-electron chi connectivity index (χ4n) is 5.65. The van der Waals surface area contributed by atoms with Crippen molar-refractivity contribution in [1.29, 1.82) is 0 Å². The van der Waals surface area contributed by atoms with Crippen molar-refractivity contribution >= 4 is 16.9 Å². The summed E-state index contributed by atoms with van der Waals surface area (Å²) in [6.07, 6.45) is 7.34. The molecule has 2 heterocycles. The molecule has 1 aromatic heterocycles. The molecule has 6 heteroatoms. The first-order valence-electron chi connectivity index (χ1n) is 11.2. The van der Waals surface area contributed by atoms with Crippen molar-refractivity contribution in [3.8, 4) is 5.75 Å². The maximum Gasteiger partial charge on any atom is 0.339 e. The Labute approximate surface area is 175 Å². The topological polar surface area (TPSA) is 80.0 Å². The molecule has 2 atom stereocenters. The number of hydrogen-bond acceptors (Lipinski definition) is 5. The lowest BCUT2D eigenvalue weighted by molar-refractivity contribution is -0.145. The van der Waals surface area contributed by atoms with Crippen molar-refractivity contribution in [2.24, 2.45) is 5.92 Å². The average molecular weight is 411 g/mol. The standard InChI is InChI=1S/C24H29NO5/c1-15-20(9-8-18-17-6-4-7-19(17)23(27)30-22(15)18)29-14-21(26)25-12-11-24(28)10-3-2-5-16(24)13-25/h8-9,16,28H,2-7,10-14H2,1H3. The zero-order valence-corrected chi connectivity index (χ0v) is 17.5. The minimum atomic E-state index is -0.595. The van der Waals surface area contributed by atoms with Gasteiger partial charge in [0.1, 0.15) is 11.3 Å². The molecule has 1 saturated heterocycles. The third-order valence-corrected chi connectivity index (χ3v) is 7.47. The van der Waals surface area contributed by atoms with Crippen LogP contribution >= 0.6 is 0 Å². The van der Waals surface area contributed by atoms with Crippen LogP contribution in [0.15, 0.2) is 21.3 Å². The summed E-state index contributed by atoms with van der Waals surface area (Å²) in [7, 11) is 0. The lowest BCUT2D eigenvalue weighted by Gasteiger charge is -2.47. The molecule has 1 N–H and O–H groups in total. The highest BCUT2D eigenvalue weighted by molar-refractivity contribution is 5.86. The number of fused-ring (bicyclic) bond motifs is 4. The Morgan fingerprint density at radius 2 is 2.07 bits per heavy atom. The first-order valence-corrected chi connectivity index (χ1v) is 11.2. The molecule has 2 aliphatic carbocycles. The van der Waals surface area contributed by atoms with Crippen LogP contribution in [0.1, 0.15) is 55.2 Å². The summed E-state index contributed by atoms with van der Waals surface area (Å²) in [6, 6.07) is 3.82. The molecule has 2 fully saturated rings. The van der Waals surface area contributed by atoms with Gasteiger partial charge in [0, 0.05) is 35.5 Å². The molecule has 1 amide bonds. The van der Waals surface area contributed by atoms with Gasteiger partial charge in [-0.3, -0.25) is 4.79 Å². The van der Waals surface area contributed by atoms with Gasteiger partial charge in [0.25, 0.3) is 5.91 Å². The highest BCUT2D eigenvalue weighted by atomic mass is 16.5. The smallest absolute Gasteiger partial charge is 0.339 e. The van der Waals surface area contributed by atoms with Crippen LogP contribution in [0, 0.1) is 12.8 Å². The van der Waals surface area contributed by atoms with Crippen LogP contribution in [0.3, 0.4) is 0 Å². The number of aryl methyl sites for hydroxylation is 2. The highest BCUT2D eigenvalue weighted by Crippen LogP contribution is 2.40. The number of carbonyl (C=O) groups excluding carboxylic acids is 1. The summed E-state index contributed by atoms with van der Waals surface area (Å²) in [4.78, 5) is 26.9. The molecule has 6 nitrogen and oxygen atoms in total. The average Bonchev–Trinajstić information content (AvgIpc) is 3.24. The molecule has 0 bridgehead atoms. The van der Waals surface area contributed by atoms with Crippen molar-refractivity contribution < 1.29 is 19.1 Å². The Balaban J connectivity index is 1.31. The first kappa shape index (κ1) is 19.6. The third kappa shape index (κ3) is 3.22. The number of hydrogen-bond donors (Lipinski definition) is 1. The fourth-order valence-corrected chi connectivity index (χ4v) is 5.65. The monoisotopic (exact) mass is 411 g/mol. The van der Waals surface area contributed by atoms with Gasteiger partial charge in [-0.05, 0) is 63.1 Å². The largest absolute Gasteiger partial charge is 0.483 e. The molecule has 1 aromatic carbocycles. The summed E-state index contributed by atoms with van der Waals surface area (Å²) in [6.45, 7) is 3.01. The van der Waals surface area contributed by atoms with Crippen LogP contribution in [0.5, 0.6) is 5.75 Å². The fraction of sp³-hybridized carbons (Fsp3) is 0.583. The van der Waals surface area contributed by atoms with Crippen LogP contribution in [-0.2, 0) is 17.6 Å².